The van der Waals surface area contributed by atoms with Crippen molar-refractivity contribution in [1.82, 2.24) is 25.4 Å². The molecule has 0 radical (unpaired) electrons. The molecule has 6 rings (SSSR count). The van der Waals surface area contributed by atoms with Gasteiger partial charge in [-0.05, 0) is 97.2 Å². The Morgan fingerprint density at radius 1 is 0.426 bits per heavy atom. The summed E-state index contributed by atoms with van der Waals surface area (Å²) in [6, 6.07) is 16.6. The summed E-state index contributed by atoms with van der Waals surface area (Å²) in [4.78, 5) is 68.5. The Kier molecular flexibility index (Phi) is 43.1. The monoisotopic (exact) mass is 1510 g/mol. The Morgan fingerprint density at radius 2 is 0.778 bits per heavy atom. The fourth-order valence-electron chi connectivity index (χ4n) is 15.2. The number of unbranched alkanes of at least 4 members (excludes halogenated alkanes) is 26. The van der Waals surface area contributed by atoms with Crippen molar-refractivity contribution in [2.75, 3.05) is 83.7 Å². The fraction of sp³-hybridized carbons (Fsp3) is 0.733. The van der Waals surface area contributed by atoms with Gasteiger partial charge in [0, 0.05) is 74.6 Å². The highest BCUT2D eigenvalue weighted by atomic mass is 16.7. The number of hydrogen-bond donors (Lipinski definition) is 10. The molecule has 2 aliphatic heterocycles. The number of rotatable bonds is 55. The average molecular weight is 1510 g/mol. The second-order valence-corrected chi connectivity index (χ2v) is 30.4. The van der Waals surface area contributed by atoms with Crippen LogP contribution < -0.4 is 15.5 Å². The van der Waals surface area contributed by atoms with Gasteiger partial charge in [0.05, 0.1) is 13.2 Å². The standard InChI is InChI=1S/C86H138N6O16/c1-7-13-19-25-29-35-49-91(50-36-30-26-20-14-8-2)82(103)70-56-64(57-71(89-70)83(104)92(51-37-31-27-21-15-9-3)52-38-32-28-22-16-10-4)40-39-63-41-43-66-67-44-42-65(58-69(67)86(68(66)55-63,45-33-23-17-11-5)46-34-24-18-12-6)90(53-47-87-74(95)61-105-84-80(101)78(99)76(97)72(59-93)107-84)54-48-88-75(96)62-106-85-81(102)79(100)77(98)73(60-94)108-85/h41-44,55-58,72-73,76-81,84-85,93-94,97-102H,7-38,45-54,59-62H2,1-6H3,(H,87,95)(H,88,96)/t72-,73-,76-,77-,78+,79+,80-,81-,84+,85+/m1/s1. The first kappa shape index (κ1) is 91.2. The van der Waals surface area contributed by atoms with Crippen molar-refractivity contribution < 1.29 is 79.0 Å². The molecular weight excluding hydrogens is 1370 g/mol. The summed E-state index contributed by atoms with van der Waals surface area (Å²) in [6.45, 7) is 13.9. The molecule has 0 bridgehead atoms. The van der Waals surface area contributed by atoms with Crippen molar-refractivity contribution in [1.29, 1.82) is 0 Å². The maximum Gasteiger partial charge on any atom is 0.272 e. The lowest BCUT2D eigenvalue weighted by Gasteiger charge is -2.39. The normalized spacial score (nSPS) is 20.7. The van der Waals surface area contributed by atoms with Crippen molar-refractivity contribution in [3.8, 4) is 23.0 Å². The minimum Gasteiger partial charge on any atom is -0.394 e. The summed E-state index contributed by atoms with van der Waals surface area (Å²) in [6.07, 6.45) is 21.0. The number of carbonyl (C=O) groups excluding carboxylic acids is 4. The second kappa shape index (κ2) is 51.1. The summed E-state index contributed by atoms with van der Waals surface area (Å²) in [5.41, 5.74) is 6.75. The zero-order chi connectivity index (χ0) is 78.1. The summed E-state index contributed by atoms with van der Waals surface area (Å²) < 4.78 is 22.1. The van der Waals surface area contributed by atoms with Gasteiger partial charge in [0.15, 0.2) is 12.6 Å². The lowest BCUT2D eigenvalue weighted by Crippen LogP contribution is -2.59. The van der Waals surface area contributed by atoms with Crippen LogP contribution in [0.3, 0.4) is 0 Å². The number of hydrogen-bond acceptors (Lipinski definition) is 18. The van der Waals surface area contributed by atoms with Gasteiger partial charge in [-0.3, -0.25) is 19.2 Å². The van der Waals surface area contributed by atoms with Gasteiger partial charge in [-0.25, -0.2) is 4.98 Å². The maximum absolute atomic E-state index is 15.2. The molecule has 10 atom stereocenters. The van der Waals surface area contributed by atoms with Crippen LogP contribution in [0.4, 0.5) is 5.69 Å². The third-order valence-electron chi connectivity index (χ3n) is 21.8. The minimum atomic E-state index is -1.70. The number of benzene rings is 2. The van der Waals surface area contributed by atoms with Crippen LogP contribution in [0.1, 0.15) is 303 Å². The second-order valence-electron chi connectivity index (χ2n) is 30.4. The molecule has 608 valence electrons. The Bertz CT molecular complexity index is 2970. The first-order valence-electron chi connectivity index (χ1n) is 42.0. The van der Waals surface area contributed by atoms with Crippen molar-refractivity contribution in [2.45, 2.75) is 327 Å². The van der Waals surface area contributed by atoms with Gasteiger partial charge >= 0.3 is 0 Å². The lowest BCUT2D eigenvalue weighted by atomic mass is 9.70. The summed E-state index contributed by atoms with van der Waals surface area (Å²) in [5, 5.41) is 87.8. The largest absolute Gasteiger partial charge is 0.394 e. The molecular formula is C86H138N6O16. The molecule has 3 heterocycles. The zero-order valence-corrected chi connectivity index (χ0v) is 66.6. The summed E-state index contributed by atoms with van der Waals surface area (Å²) in [5.74, 6) is 5.62. The molecule has 108 heavy (non-hydrogen) atoms. The third kappa shape index (κ3) is 28.8. The molecule has 2 aromatic carbocycles. The van der Waals surface area contributed by atoms with E-state index in [2.05, 4.69) is 94.3 Å². The number of aliphatic hydroxyl groups excluding tert-OH is 8. The number of anilines is 1. The topological polar surface area (TPSA) is 314 Å². The van der Waals surface area contributed by atoms with Gasteiger partial charge in [-0.1, -0.05) is 245 Å². The highest BCUT2D eigenvalue weighted by Crippen LogP contribution is 2.55. The van der Waals surface area contributed by atoms with Crippen LogP contribution >= 0.6 is 0 Å². The first-order valence-corrected chi connectivity index (χ1v) is 42.0. The van der Waals surface area contributed by atoms with Crippen LogP contribution in [-0.2, 0) is 34.0 Å². The number of carbonyl (C=O) groups is 4. The fourth-order valence-corrected chi connectivity index (χ4v) is 15.2. The predicted octanol–water partition coefficient (Wildman–Crippen LogP) is 11.7. The van der Waals surface area contributed by atoms with Gasteiger partial charge in [0.2, 0.25) is 11.8 Å². The van der Waals surface area contributed by atoms with Crippen molar-refractivity contribution >= 4 is 29.3 Å². The Balaban J connectivity index is 1.40. The van der Waals surface area contributed by atoms with Gasteiger partial charge < -0.3 is 85.1 Å². The number of aliphatic hydroxyl groups is 8. The molecule has 1 aliphatic carbocycles. The van der Waals surface area contributed by atoms with E-state index in [0.717, 1.165) is 195 Å². The number of ether oxygens (including phenoxy) is 4. The molecule has 0 spiro atoms. The van der Waals surface area contributed by atoms with Crippen molar-refractivity contribution in [3.63, 3.8) is 0 Å². The predicted molar refractivity (Wildman–Crippen MR) is 423 cm³/mol. The van der Waals surface area contributed by atoms with E-state index in [-0.39, 0.29) is 49.4 Å². The molecule has 1 aromatic heterocycles. The van der Waals surface area contributed by atoms with E-state index < -0.39 is 105 Å². The molecule has 4 amide bonds. The summed E-state index contributed by atoms with van der Waals surface area (Å²) >= 11 is 0. The quantitative estimate of drug-likeness (QED) is 0.0185. The number of aromatic nitrogens is 1. The molecule has 2 saturated heterocycles. The number of nitrogens with zero attached hydrogens (tertiary/aromatic N) is 4. The van der Waals surface area contributed by atoms with Crippen molar-refractivity contribution in [3.05, 3.63) is 82.2 Å². The summed E-state index contributed by atoms with van der Waals surface area (Å²) in [7, 11) is 0. The molecule has 10 N–H and O–H groups in total. The molecule has 0 saturated carbocycles. The van der Waals surface area contributed by atoms with Crippen LogP contribution in [0.25, 0.3) is 11.1 Å². The zero-order valence-electron chi connectivity index (χ0n) is 66.6. The molecule has 22 nitrogen and oxygen atoms in total. The van der Waals surface area contributed by atoms with Gasteiger partial charge in [0.1, 0.15) is 73.4 Å². The van der Waals surface area contributed by atoms with E-state index in [9.17, 15) is 50.4 Å². The molecule has 0 unspecified atom stereocenters. The van der Waals surface area contributed by atoms with E-state index in [4.69, 9.17) is 23.9 Å². The average Bonchev–Trinajstić information content (AvgIpc) is 1.56. The molecule has 3 aromatic rings. The Labute approximate surface area is 646 Å². The maximum atomic E-state index is 15.2. The number of nitrogens with one attached hydrogen (secondary N) is 2. The minimum absolute atomic E-state index is 0.0830. The van der Waals surface area contributed by atoms with E-state index in [1.54, 1.807) is 0 Å². The highest BCUT2D eigenvalue weighted by Gasteiger charge is 2.46. The smallest absolute Gasteiger partial charge is 0.272 e. The van der Waals surface area contributed by atoms with Crippen LogP contribution in [-0.4, -0.2) is 219 Å². The van der Waals surface area contributed by atoms with Crippen LogP contribution in [0.15, 0.2) is 48.5 Å². The van der Waals surface area contributed by atoms with Gasteiger partial charge in [0.25, 0.3) is 11.8 Å². The Morgan fingerprint density at radius 3 is 1.17 bits per heavy atom. The third-order valence-corrected chi connectivity index (χ3v) is 21.8. The molecule has 3 aliphatic rings. The Hall–Kier alpha value is -5.65. The lowest BCUT2D eigenvalue weighted by molar-refractivity contribution is -0.299. The van der Waals surface area contributed by atoms with Crippen LogP contribution in [0.2, 0.25) is 0 Å². The van der Waals surface area contributed by atoms with E-state index in [1.807, 2.05) is 32.9 Å². The van der Waals surface area contributed by atoms with Gasteiger partial charge in [-0.2, -0.15) is 0 Å². The first-order chi connectivity index (χ1) is 52.4. The number of pyridine rings is 1. The van der Waals surface area contributed by atoms with Crippen LogP contribution in [0, 0.1) is 11.8 Å². The van der Waals surface area contributed by atoms with E-state index in [0.29, 0.717) is 31.7 Å². The molecule has 2 fully saturated rings. The van der Waals surface area contributed by atoms with E-state index >= 15 is 9.59 Å². The SMILES string of the molecule is CCCCCCCCN(CCCCCCCC)C(=O)c1cc(C#Cc2ccc3c(c2)C(CCCCCC)(CCCCCC)c2cc(N(CCNC(=O)CO[C@H]4O[C@H](CO)[C@@H](O)[C@H](O)[C@H]4O)CCNC(=O)CO[C@H]4O[C@H](CO)[C@@H](O)[C@H](O)[C@H]4O)ccc2-3)cc(C(=O)N(CCCCCCCC)CCCCCCCC)n1. The number of fused-ring (bicyclic) bond motifs is 3. The van der Waals surface area contributed by atoms with Crippen molar-refractivity contribution in [2.24, 2.45) is 0 Å². The molecule has 22 heteroatoms. The number of amides is 4. The van der Waals surface area contributed by atoms with Gasteiger partial charge in [-0.15, -0.1) is 0 Å². The van der Waals surface area contributed by atoms with Crippen LogP contribution in [0.5, 0.6) is 0 Å². The highest BCUT2D eigenvalue weighted by molar-refractivity contribution is 5.97. The van der Waals surface area contributed by atoms with E-state index in [1.165, 1.54) is 56.9 Å².